The van der Waals surface area contributed by atoms with E-state index < -0.39 is 17.8 Å². The van der Waals surface area contributed by atoms with Gasteiger partial charge in [-0.3, -0.25) is 9.59 Å². The number of nitrogens with zero attached hydrogens (tertiary/aromatic N) is 1. The van der Waals surface area contributed by atoms with Crippen molar-refractivity contribution in [3.63, 3.8) is 0 Å². The van der Waals surface area contributed by atoms with Crippen LogP contribution in [0.1, 0.15) is 27.4 Å². The number of esters is 1. The monoisotopic (exact) mass is 507 g/mol. The van der Waals surface area contributed by atoms with E-state index in [4.69, 9.17) is 9.47 Å². The Hall–Kier alpha value is -4.98. The molecule has 4 aromatic carbocycles. The van der Waals surface area contributed by atoms with Crippen LogP contribution in [0.25, 0.3) is 10.8 Å². The lowest BCUT2D eigenvalue weighted by atomic mass is 9.88. The van der Waals surface area contributed by atoms with Crippen molar-refractivity contribution in [2.75, 3.05) is 13.7 Å². The summed E-state index contributed by atoms with van der Waals surface area (Å²) in [6.07, 6.45) is 1.43. The Morgan fingerprint density at radius 3 is 2.53 bits per heavy atom. The number of hydrazone groups is 1. The van der Waals surface area contributed by atoms with E-state index in [0.717, 1.165) is 16.3 Å². The number of hydrogen-bond donors (Lipinski definition) is 2. The largest absolute Gasteiger partial charge is 0.493 e. The van der Waals surface area contributed by atoms with Crippen LogP contribution in [0.5, 0.6) is 11.5 Å². The average Bonchev–Trinajstić information content (AvgIpc) is 3.35. The molecule has 0 radical (unpaired) electrons. The molecule has 4 aromatic rings. The number of carbonyl (C=O) groups excluding carboxylic acids is 3. The molecule has 2 atom stereocenters. The summed E-state index contributed by atoms with van der Waals surface area (Å²) in [4.78, 5) is 38.0. The van der Waals surface area contributed by atoms with Crippen LogP contribution in [0.3, 0.4) is 0 Å². The van der Waals surface area contributed by atoms with Gasteiger partial charge in [-0.25, -0.2) is 10.2 Å². The maximum Gasteiger partial charge on any atom is 0.344 e. The zero-order chi connectivity index (χ0) is 26.5. The minimum absolute atomic E-state index is 0.250. The molecule has 5 rings (SSSR count). The first-order chi connectivity index (χ1) is 18.5. The molecule has 1 heterocycles. The summed E-state index contributed by atoms with van der Waals surface area (Å²) in [7, 11) is 1.47. The predicted octanol–water partition coefficient (Wildman–Crippen LogP) is 4.05. The summed E-state index contributed by atoms with van der Waals surface area (Å²) in [5.74, 6) is -1.89. The Labute approximate surface area is 219 Å². The summed E-state index contributed by atoms with van der Waals surface area (Å²) in [5, 5.41) is 8.52. The van der Waals surface area contributed by atoms with E-state index in [1.807, 2.05) is 60.7 Å². The van der Waals surface area contributed by atoms with Gasteiger partial charge in [0, 0.05) is 12.5 Å². The molecule has 0 bridgehead atoms. The normalized spacial score (nSPS) is 16.8. The van der Waals surface area contributed by atoms with Crippen LogP contribution >= 0.6 is 0 Å². The van der Waals surface area contributed by atoms with Crippen LogP contribution in [0.2, 0.25) is 0 Å². The summed E-state index contributed by atoms with van der Waals surface area (Å²) in [6.45, 7) is 0.390. The van der Waals surface area contributed by atoms with E-state index in [9.17, 15) is 14.4 Å². The highest BCUT2D eigenvalue weighted by atomic mass is 16.6. The second-order valence-corrected chi connectivity index (χ2v) is 8.80. The number of ether oxygens (including phenoxy) is 2. The van der Waals surface area contributed by atoms with Crippen molar-refractivity contribution in [1.82, 2.24) is 10.7 Å². The average molecular weight is 508 g/mol. The molecule has 1 fully saturated rings. The molecular weight excluding hydrogens is 482 g/mol. The second kappa shape index (κ2) is 11.0. The Balaban J connectivity index is 1.27. The second-order valence-electron chi connectivity index (χ2n) is 8.80. The first kappa shape index (κ1) is 24.7. The zero-order valence-corrected chi connectivity index (χ0v) is 20.6. The topological polar surface area (TPSA) is 106 Å². The Morgan fingerprint density at radius 1 is 0.947 bits per heavy atom. The van der Waals surface area contributed by atoms with Crippen LogP contribution < -0.4 is 20.2 Å². The highest BCUT2D eigenvalue weighted by Crippen LogP contribution is 2.30. The number of fused-ring (bicyclic) bond motifs is 1. The lowest BCUT2D eigenvalue weighted by Gasteiger charge is -2.15. The first-order valence-electron chi connectivity index (χ1n) is 12.1. The fraction of sp³-hybridized carbons (Fsp3) is 0.133. The van der Waals surface area contributed by atoms with Crippen molar-refractivity contribution in [3.05, 3.63) is 108 Å². The maximum absolute atomic E-state index is 12.9. The number of methoxy groups -OCH3 is 1. The molecule has 38 heavy (non-hydrogen) atoms. The first-order valence-corrected chi connectivity index (χ1v) is 12.1. The number of nitrogens with one attached hydrogen (secondary N) is 2. The number of benzene rings is 4. The Bertz CT molecular complexity index is 1530. The molecule has 1 saturated heterocycles. The molecule has 0 aromatic heterocycles. The standard InChI is InChI=1S/C30H25N3O5/c1-37-26-16-19(14-15-25(26)38-30(36)23-13-7-11-20-10-5-6-12-22(20)23)17-32-33-29(35)27-24(18-31-28(27)34)21-8-3-2-4-9-21/h2-17,24,27H,18H2,1H3,(H,31,34)(H,33,35). The van der Waals surface area contributed by atoms with Gasteiger partial charge in [-0.15, -0.1) is 0 Å². The van der Waals surface area contributed by atoms with Crippen LogP contribution in [0.15, 0.2) is 96.1 Å². The van der Waals surface area contributed by atoms with Crippen LogP contribution in [0.4, 0.5) is 0 Å². The molecular formula is C30H25N3O5. The maximum atomic E-state index is 12.9. The van der Waals surface area contributed by atoms with Crippen molar-refractivity contribution in [1.29, 1.82) is 0 Å². The van der Waals surface area contributed by atoms with Gasteiger partial charge >= 0.3 is 5.97 Å². The smallest absolute Gasteiger partial charge is 0.344 e. The van der Waals surface area contributed by atoms with Gasteiger partial charge in [-0.05, 0) is 46.2 Å². The Morgan fingerprint density at radius 2 is 1.71 bits per heavy atom. The number of carbonyl (C=O) groups is 3. The molecule has 0 saturated carbocycles. The minimum atomic E-state index is -0.875. The third-order valence-electron chi connectivity index (χ3n) is 6.48. The van der Waals surface area contributed by atoms with Gasteiger partial charge in [-0.1, -0.05) is 66.7 Å². The number of amides is 2. The van der Waals surface area contributed by atoms with Gasteiger partial charge in [0.1, 0.15) is 5.92 Å². The van der Waals surface area contributed by atoms with Crippen molar-refractivity contribution >= 4 is 34.8 Å². The molecule has 8 nitrogen and oxygen atoms in total. The molecule has 2 unspecified atom stereocenters. The molecule has 2 amide bonds. The molecule has 2 N–H and O–H groups in total. The zero-order valence-electron chi connectivity index (χ0n) is 20.6. The lowest BCUT2D eigenvalue weighted by Crippen LogP contribution is -2.34. The summed E-state index contributed by atoms with van der Waals surface area (Å²) in [6, 6.07) is 27.4. The third-order valence-corrected chi connectivity index (χ3v) is 6.48. The van der Waals surface area contributed by atoms with Crippen LogP contribution in [0, 0.1) is 5.92 Å². The SMILES string of the molecule is COc1cc(C=NNC(=O)C2C(=O)NCC2c2ccccc2)ccc1OC(=O)c1cccc2ccccc12. The van der Waals surface area contributed by atoms with Gasteiger partial charge in [-0.2, -0.15) is 5.10 Å². The van der Waals surface area contributed by atoms with Crippen molar-refractivity contribution in [2.45, 2.75) is 5.92 Å². The van der Waals surface area contributed by atoms with Crippen LogP contribution in [-0.4, -0.2) is 37.7 Å². The molecule has 1 aliphatic rings. The molecule has 0 spiro atoms. The predicted molar refractivity (Wildman–Crippen MR) is 143 cm³/mol. The summed E-state index contributed by atoms with van der Waals surface area (Å²) in [5.41, 5.74) is 4.43. The highest BCUT2D eigenvalue weighted by Gasteiger charge is 2.40. The Kier molecular flexibility index (Phi) is 7.13. The summed E-state index contributed by atoms with van der Waals surface area (Å²) >= 11 is 0. The minimum Gasteiger partial charge on any atom is -0.493 e. The quantitative estimate of drug-likeness (QED) is 0.129. The molecule has 8 heteroatoms. The van der Waals surface area contributed by atoms with E-state index in [1.54, 1.807) is 30.3 Å². The summed E-state index contributed by atoms with van der Waals surface area (Å²) < 4.78 is 11.1. The van der Waals surface area contributed by atoms with Gasteiger partial charge in [0.05, 0.1) is 18.9 Å². The van der Waals surface area contributed by atoms with E-state index in [-0.39, 0.29) is 17.6 Å². The fourth-order valence-corrected chi connectivity index (χ4v) is 4.58. The van der Waals surface area contributed by atoms with E-state index in [1.165, 1.54) is 13.3 Å². The van der Waals surface area contributed by atoms with Crippen molar-refractivity contribution in [3.8, 4) is 11.5 Å². The number of hydrogen-bond acceptors (Lipinski definition) is 6. The van der Waals surface area contributed by atoms with Gasteiger partial charge in [0.25, 0.3) is 5.91 Å². The molecule has 190 valence electrons. The van der Waals surface area contributed by atoms with Gasteiger partial charge < -0.3 is 14.8 Å². The lowest BCUT2D eigenvalue weighted by molar-refractivity contribution is -0.133. The van der Waals surface area contributed by atoms with Crippen LogP contribution in [-0.2, 0) is 9.59 Å². The van der Waals surface area contributed by atoms with Crippen molar-refractivity contribution in [2.24, 2.45) is 11.0 Å². The van der Waals surface area contributed by atoms with E-state index in [2.05, 4.69) is 15.8 Å². The number of rotatable bonds is 7. The van der Waals surface area contributed by atoms with Gasteiger partial charge in [0.2, 0.25) is 5.91 Å². The fourth-order valence-electron chi connectivity index (χ4n) is 4.58. The van der Waals surface area contributed by atoms with E-state index >= 15 is 0 Å². The highest BCUT2D eigenvalue weighted by molar-refractivity contribution is 6.05. The van der Waals surface area contributed by atoms with Gasteiger partial charge in [0.15, 0.2) is 11.5 Å². The van der Waals surface area contributed by atoms with E-state index in [0.29, 0.717) is 23.4 Å². The molecule has 0 aliphatic carbocycles. The molecule has 1 aliphatic heterocycles. The third kappa shape index (κ3) is 5.10. The van der Waals surface area contributed by atoms with Crippen molar-refractivity contribution < 1.29 is 23.9 Å².